The fourth-order valence-electron chi connectivity index (χ4n) is 1.60. The minimum absolute atomic E-state index is 0.163. The summed E-state index contributed by atoms with van der Waals surface area (Å²) in [5, 5.41) is 20.8. The maximum Gasteiger partial charge on any atom is 0.242 e. The average molecular weight is 266 g/mol. The van der Waals surface area contributed by atoms with E-state index in [1.165, 1.54) is 19.1 Å². The second-order valence-corrected chi connectivity index (χ2v) is 4.35. The minimum atomic E-state index is -1.08. The number of nitrogens with two attached hydrogens (primary N) is 1. The number of nitrogens with one attached hydrogen (secondary N) is 1. The Hall–Kier alpha value is -2.08. The number of rotatable bonds is 6. The first-order valence-electron chi connectivity index (χ1n) is 5.95. The van der Waals surface area contributed by atoms with Gasteiger partial charge in [0.2, 0.25) is 11.8 Å². The quantitative estimate of drug-likeness (QED) is 0.565. The van der Waals surface area contributed by atoms with E-state index in [0.29, 0.717) is 6.42 Å². The zero-order chi connectivity index (χ0) is 14.4. The van der Waals surface area contributed by atoms with Crippen molar-refractivity contribution in [1.82, 2.24) is 5.32 Å². The molecule has 0 aromatic heterocycles. The first-order chi connectivity index (χ1) is 8.90. The van der Waals surface area contributed by atoms with E-state index in [-0.39, 0.29) is 18.1 Å². The molecule has 1 aromatic rings. The van der Waals surface area contributed by atoms with Crippen molar-refractivity contribution in [2.45, 2.75) is 31.9 Å². The molecule has 0 fully saturated rings. The molecule has 1 rings (SSSR count). The fraction of sp³-hybridized carbons (Fsp3) is 0.385. The number of benzene rings is 1. The molecule has 104 valence electrons. The van der Waals surface area contributed by atoms with Gasteiger partial charge >= 0.3 is 0 Å². The van der Waals surface area contributed by atoms with Gasteiger partial charge in [-0.05, 0) is 31.0 Å². The first kappa shape index (κ1) is 15.0. The zero-order valence-electron chi connectivity index (χ0n) is 10.7. The van der Waals surface area contributed by atoms with Crippen LogP contribution in [-0.4, -0.2) is 34.2 Å². The lowest BCUT2D eigenvalue weighted by molar-refractivity contribution is -0.129. The van der Waals surface area contributed by atoms with Crippen molar-refractivity contribution in [3.05, 3.63) is 29.8 Å². The number of aliphatic hydroxyl groups excluding tert-OH is 1. The summed E-state index contributed by atoms with van der Waals surface area (Å²) < 4.78 is 0. The number of aliphatic hydroxyl groups is 1. The molecule has 0 radical (unpaired) electrons. The van der Waals surface area contributed by atoms with E-state index in [9.17, 15) is 14.7 Å². The number of carbonyl (C=O) groups excluding carboxylic acids is 2. The van der Waals surface area contributed by atoms with Crippen LogP contribution < -0.4 is 11.1 Å². The Morgan fingerprint density at radius 3 is 2.37 bits per heavy atom. The molecule has 5 N–H and O–H groups in total. The van der Waals surface area contributed by atoms with E-state index >= 15 is 0 Å². The lowest BCUT2D eigenvalue weighted by Crippen LogP contribution is -2.50. The molecule has 19 heavy (non-hydrogen) atoms. The molecule has 0 aliphatic rings. The number of phenols is 1. The number of amides is 2. The summed E-state index contributed by atoms with van der Waals surface area (Å²) >= 11 is 0. The number of primary amides is 1. The van der Waals surface area contributed by atoms with E-state index in [2.05, 4.69) is 5.32 Å². The average Bonchev–Trinajstić information content (AvgIpc) is 2.34. The topological polar surface area (TPSA) is 113 Å². The van der Waals surface area contributed by atoms with E-state index < -0.39 is 18.1 Å². The van der Waals surface area contributed by atoms with Crippen LogP contribution in [0.4, 0.5) is 0 Å². The summed E-state index contributed by atoms with van der Waals surface area (Å²) in [6, 6.07) is 5.42. The predicted molar refractivity (Wildman–Crippen MR) is 69.2 cm³/mol. The summed E-state index contributed by atoms with van der Waals surface area (Å²) in [5.41, 5.74) is 5.96. The standard InChI is InChI=1S/C13H18N2O4/c1-8(16)12(13(14)19)15-11(18)7-4-9-2-5-10(17)6-3-9/h2-3,5-6,8,12,16-17H,4,7H2,1H3,(H2,14,19)(H,15,18)/t8-,12+/m0/s1. The van der Waals surface area contributed by atoms with E-state index in [4.69, 9.17) is 10.8 Å². The van der Waals surface area contributed by atoms with Crippen molar-refractivity contribution >= 4 is 11.8 Å². The van der Waals surface area contributed by atoms with Gasteiger partial charge in [-0.1, -0.05) is 12.1 Å². The van der Waals surface area contributed by atoms with E-state index in [1.807, 2.05) is 0 Å². The maximum absolute atomic E-state index is 11.6. The Bertz CT molecular complexity index is 442. The van der Waals surface area contributed by atoms with Crippen molar-refractivity contribution < 1.29 is 19.8 Å². The zero-order valence-corrected chi connectivity index (χ0v) is 10.7. The molecular weight excluding hydrogens is 248 g/mol. The molecule has 6 nitrogen and oxygen atoms in total. The highest BCUT2D eigenvalue weighted by Gasteiger charge is 2.22. The fourth-order valence-corrected chi connectivity index (χ4v) is 1.60. The van der Waals surface area contributed by atoms with Gasteiger partial charge in [0.1, 0.15) is 11.8 Å². The van der Waals surface area contributed by atoms with Gasteiger partial charge < -0.3 is 21.3 Å². The molecule has 0 bridgehead atoms. The van der Waals surface area contributed by atoms with Gasteiger partial charge in [-0.15, -0.1) is 0 Å². The number of aryl methyl sites for hydroxylation is 1. The Labute approximate surface area is 111 Å². The maximum atomic E-state index is 11.6. The first-order valence-corrected chi connectivity index (χ1v) is 5.95. The van der Waals surface area contributed by atoms with Gasteiger partial charge in [0.25, 0.3) is 0 Å². The molecule has 6 heteroatoms. The summed E-state index contributed by atoms with van der Waals surface area (Å²) in [4.78, 5) is 22.6. The van der Waals surface area contributed by atoms with Crippen molar-refractivity contribution in [3.8, 4) is 5.75 Å². The van der Waals surface area contributed by atoms with Crippen LogP contribution >= 0.6 is 0 Å². The molecule has 0 saturated heterocycles. The minimum Gasteiger partial charge on any atom is -0.508 e. The number of hydrogen-bond donors (Lipinski definition) is 4. The van der Waals surface area contributed by atoms with Crippen molar-refractivity contribution in [1.29, 1.82) is 0 Å². The molecule has 0 saturated carbocycles. The molecular formula is C13H18N2O4. The Morgan fingerprint density at radius 2 is 1.89 bits per heavy atom. The third-order valence-corrected chi connectivity index (χ3v) is 2.68. The molecule has 2 amide bonds. The molecule has 0 spiro atoms. The molecule has 2 atom stereocenters. The number of phenolic OH excluding ortho intramolecular Hbond substituents is 1. The monoisotopic (exact) mass is 266 g/mol. The summed E-state index contributed by atoms with van der Waals surface area (Å²) in [5.74, 6) is -0.971. The molecule has 0 unspecified atom stereocenters. The van der Waals surface area contributed by atoms with Crippen LogP contribution in [0.5, 0.6) is 5.75 Å². The van der Waals surface area contributed by atoms with Gasteiger partial charge in [0.05, 0.1) is 6.10 Å². The van der Waals surface area contributed by atoms with E-state index in [1.54, 1.807) is 12.1 Å². The SMILES string of the molecule is C[C@H](O)[C@@H](NC(=O)CCc1ccc(O)cc1)C(N)=O. The lowest BCUT2D eigenvalue weighted by Gasteiger charge is -2.17. The van der Waals surface area contributed by atoms with Gasteiger partial charge in [-0.2, -0.15) is 0 Å². The highest BCUT2D eigenvalue weighted by atomic mass is 16.3. The number of aromatic hydroxyl groups is 1. The van der Waals surface area contributed by atoms with Crippen molar-refractivity contribution in [3.63, 3.8) is 0 Å². The molecule has 0 heterocycles. The lowest BCUT2D eigenvalue weighted by atomic mass is 10.1. The van der Waals surface area contributed by atoms with Gasteiger partial charge in [-0.3, -0.25) is 9.59 Å². The second-order valence-electron chi connectivity index (χ2n) is 4.35. The predicted octanol–water partition coefficient (Wildman–Crippen LogP) is -0.324. The normalized spacial score (nSPS) is 13.6. The second kappa shape index (κ2) is 6.75. The summed E-state index contributed by atoms with van der Waals surface area (Å²) in [6.07, 6.45) is -0.395. The van der Waals surface area contributed by atoms with Crippen LogP contribution in [0.15, 0.2) is 24.3 Å². The van der Waals surface area contributed by atoms with Gasteiger partial charge in [0, 0.05) is 6.42 Å². The van der Waals surface area contributed by atoms with Crippen molar-refractivity contribution in [2.75, 3.05) is 0 Å². The third kappa shape index (κ3) is 4.97. The van der Waals surface area contributed by atoms with Crippen LogP contribution in [0.3, 0.4) is 0 Å². The van der Waals surface area contributed by atoms with Crippen LogP contribution in [0, 0.1) is 0 Å². The van der Waals surface area contributed by atoms with Crippen molar-refractivity contribution in [2.24, 2.45) is 5.73 Å². The van der Waals surface area contributed by atoms with Crippen LogP contribution in [0.1, 0.15) is 18.9 Å². The smallest absolute Gasteiger partial charge is 0.242 e. The number of carbonyl (C=O) groups is 2. The highest BCUT2D eigenvalue weighted by Crippen LogP contribution is 2.11. The third-order valence-electron chi connectivity index (χ3n) is 2.68. The largest absolute Gasteiger partial charge is 0.508 e. The summed E-state index contributed by atoms with van der Waals surface area (Å²) in [7, 11) is 0. The van der Waals surface area contributed by atoms with Crippen LogP contribution in [0.2, 0.25) is 0 Å². The molecule has 1 aromatic carbocycles. The Balaban J connectivity index is 2.47. The highest BCUT2D eigenvalue weighted by molar-refractivity contribution is 5.87. The molecule has 0 aliphatic heterocycles. The Morgan fingerprint density at radius 1 is 1.32 bits per heavy atom. The summed E-state index contributed by atoms with van der Waals surface area (Å²) in [6.45, 7) is 1.38. The Kier molecular flexibility index (Phi) is 5.32. The molecule has 0 aliphatic carbocycles. The van der Waals surface area contributed by atoms with Gasteiger partial charge in [-0.25, -0.2) is 0 Å². The van der Waals surface area contributed by atoms with E-state index in [0.717, 1.165) is 5.56 Å². The van der Waals surface area contributed by atoms with Crippen LogP contribution in [-0.2, 0) is 16.0 Å². The number of hydrogen-bond acceptors (Lipinski definition) is 4. The van der Waals surface area contributed by atoms with Gasteiger partial charge in [0.15, 0.2) is 0 Å². The van der Waals surface area contributed by atoms with Crippen LogP contribution in [0.25, 0.3) is 0 Å².